The van der Waals surface area contributed by atoms with Crippen LogP contribution < -0.4 is 5.63 Å². The van der Waals surface area contributed by atoms with Gasteiger partial charge in [0.1, 0.15) is 11.3 Å². The van der Waals surface area contributed by atoms with E-state index < -0.39 is 0 Å². The van der Waals surface area contributed by atoms with Gasteiger partial charge in [-0.1, -0.05) is 42.1 Å². The van der Waals surface area contributed by atoms with Crippen LogP contribution in [0.15, 0.2) is 104 Å². The average Bonchev–Trinajstić information content (AvgIpc) is 3.53. The molecule has 0 aliphatic heterocycles. The first-order chi connectivity index (χ1) is 16.8. The molecule has 0 radical (unpaired) electrons. The summed E-state index contributed by atoms with van der Waals surface area (Å²) in [5.74, 6) is 2.03. The number of rotatable bonds is 6. The van der Waals surface area contributed by atoms with Gasteiger partial charge in [-0.2, -0.15) is 0 Å². The zero-order valence-corrected chi connectivity index (χ0v) is 18.7. The molecule has 0 saturated heterocycles. The first-order valence-corrected chi connectivity index (χ1v) is 11.7. The molecule has 166 valence electrons. The number of hydrogen-bond acceptors (Lipinski definition) is 7. The van der Waals surface area contributed by atoms with Crippen LogP contribution in [0.5, 0.6) is 0 Å². The Morgan fingerprint density at radius 3 is 2.76 bits per heavy atom. The lowest BCUT2D eigenvalue weighted by atomic mass is 10.0. The third kappa shape index (κ3) is 3.78. The highest BCUT2D eigenvalue weighted by Crippen LogP contribution is 2.32. The molecule has 0 saturated carbocycles. The second kappa shape index (κ2) is 8.64. The predicted octanol–water partition coefficient (Wildman–Crippen LogP) is 5.53. The summed E-state index contributed by atoms with van der Waals surface area (Å²) >= 11 is 1.52. The number of hydrogen-bond donors (Lipinski definition) is 0. The Kier molecular flexibility index (Phi) is 5.20. The van der Waals surface area contributed by atoms with Gasteiger partial charge in [0.2, 0.25) is 0 Å². The number of aromatic nitrogens is 4. The highest BCUT2D eigenvalue weighted by Gasteiger charge is 2.17. The van der Waals surface area contributed by atoms with Crippen molar-refractivity contribution in [2.45, 2.75) is 17.5 Å². The van der Waals surface area contributed by atoms with Crippen LogP contribution in [0.2, 0.25) is 0 Å². The van der Waals surface area contributed by atoms with E-state index in [0.717, 1.165) is 38.2 Å². The molecule has 0 amide bonds. The van der Waals surface area contributed by atoms with E-state index in [1.165, 1.54) is 11.8 Å². The lowest BCUT2D eigenvalue weighted by molar-refractivity contribution is 0.485. The molecule has 2 aromatic carbocycles. The molecule has 6 rings (SSSR count). The van der Waals surface area contributed by atoms with E-state index in [9.17, 15) is 4.79 Å². The van der Waals surface area contributed by atoms with Gasteiger partial charge in [0.05, 0.1) is 12.8 Å². The van der Waals surface area contributed by atoms with E-state index in [4.69, 9.17) is 8.83 Å². The molecule has 0 aliphatic rings. The Labute approximate surface area is 198 Å². The Hall–Kier alpha value is -4.17. The number of thioether (sulfide) groups is 1. The van der Waals surface area contributed by atoms with E-state index in [1.54, 1.807) is 24.7 Å². The molecule has 0 aliphatic carbocycles. The molecular formula is C26H18N4O3S. The summed E-state index contributed by atoms with van der Waals surface area (Å²) in [6.07, 6.45) is 5.14. The molecule has 0 N–H and O–H groups in total. The second-order valence-electron chi connectivity index (χ2n) is 7.75. The number of fused-ring (bicyclic) bond motifs is 3. The van der Waals surface area contributed by atoms with Crippen LogP contribution in [0, 0.1) is 0 Å². The quantitative estimate of drug-likeness (QED) is 0.181. The first kappa shape index (κ1) is 20.4. The number of benzene rings is 2. The van der Waals surface area contributed by atoms with Crippen LogP contribution in [-0.2, 0) is 12.3 Å². The Morgan fingerprint density at radius 1 is 0.971 bits per heavy atom. The Bertz CT molecular complexity index is 1660. The van der Waals surface area contributed by atoms with Crippen molar-refractivity contribution in [1.82, 2.24) is 19.7 Å². The zero-order valence-electron chi connectivity index (χ0n) is 17.9. The Balaban J connectivity index is 1.42. The molecule has 4 heterocycles. The fraction of sp³-hybridized carbons (Fsp3) is 0.0769. The lowest BCUT2D eigenvalue weighted by Crippen LogP contribution is -2.04. The molecule has 7 nitrogen and oxygen atoms in total. The highest BCUT2D eigenvalue weighted by atomic mass is 32.2. The van der Waals surface area contributed by atoms with Gasteiger partial charge in [0.15, 0.2) is 11.0 Å². The summed E-state index contributed by atoms with van der Waals surface area (Å²) in [6.45, 7) is 0.479. The van der Waals surface area contributed by atoms with Gasteiger partial charge in [-0.15, -0.1) is 10.2 Å². The number of nitrogens with zero attached hydrogens (tertiary/aromatic N) is 4. The minimum Gasteiger partial charge on any atom is -0.467 e. The summed E-state index contributed by atoms with van der Waals surface area (Å²) in [4.78, 5) is 16.5. The average molecular weight is 467 g/mol. The van der Waals surface area contributed by atoms with Crippen molar-refractivity contribution in [1.29, 1.82) is 0 Å². The van der Waals surface area contributed by atoms with Crippen molar-refractivity contribution in [3.8, 4) is 11.4 Å². The molecule has 4 aromatic heterocycles. The summed E-state index contributed by atoms with van der Waals surface area (Å²) in [6, 6.07) is 21.1. The maximum Gasteiger partial charge on any atom is 0.336 e. The van der Waals surface area contributed by atoms with Crippen LogP contribution >= 0.6 is 11.8 Å². The zero-order chi connectivity index (χ0) is 22.9. The van der Waals surface area contributed by atoms with E-state index in [0.29, 0.717) is 23.7 Å². The van der Waals surface area contributed by atoms with Crippen LogP contribution in [0.1, 0.15) is 11.3 Å². The van der Waals surface area contributed by atoms with Crippen molar-refractivity contribution in [2.75, 3.05) is 0 Å². The lowest BCUT2D eigenvalue weighted by Gasteiger charge is -2.10. The molecule has 8 heteroatoms. The fourth-order valence-corrected chi connectivity index (χ4v) is 5.00. The summed E-state index contributed by atoms with van der Waals surface area (Å²) in [5, 5.41) is 12.7. The van der Waals surface area contributed by atoms with Crippen molar-refractivity contribution < 1.29 is 8.83 Å². The van der Waals surface area contributed by atoms with Gasteiger partial charge in [0.25, 0.3) is 0 Å². The number of pyridine rings is 1. The van der Waals surface area contributed by atoms with Gasteiger partial charge in [-0.3, -0.25) is 9.55 Å². The molecular weight excluding hydrogens is 448 g/mol. The molecule has 0 bridgehead atoms. The molecule has 0 atom stereocenters. The largest absolute Gasteiger partial charge is 0.467 e. The van der Waals surface area contributed by atoms with E-state index >= 15 is 0 Å². The maximum atomic E-state index is 12.3. The molecule has 0 fully saturated rings. The van der Waals surface area contributed by atoms with Crippen LogP contribution in [0.3, 0.4) is 0 Å². The van der Waals surface area contributed by atoms with Crippen LogP contribution in [0.25, 0.3) is 33.1 Å². The van der Waals surface area contributed by atoms with Crippen molar-refractivity contribution in [2.24, 2.45) is 0 Å². The summed E-state index contributed by atoms with van der Waals surface area (Å²) < 4.78 is 13.1. The minimum absolute atomic E-state index is 0.369. The molecule has 0 unspecified atom stereocenters. The molecule has 0 spiro atoms. The maximum absolute atomic E-state index is 12.3. The van der Waals surface area contributed by atoms with Gasteiger partial charge in [-0.25, -0.2) is 4.79 Å². The van der Waals surface area contributed by atoms with Crippen molar-refractivity contribution in [3.63, 3.8) is 0 Å². The third-order valence-corrected chi connectivity index (χ3v) is 6.62. The highest BCUT2D eigenvalue weighted by molar-refractivity contribution is 7.98. The van der Waals surface area contributed by atoms with E-state index in [1.807, 2.05) is 59.2 Å². The molecule has 34 heavy (non-hydrogen) atoms. The second-order valence-corrected chi connectivity index (χ2v) is 8.70. The van der Waals surface area contributed by atoms with Crippen molar-refractivity contribution >= 4 is 33.5 Å². The summed E-state index contributed by atoms with van der Waals surface area (Å²) in [7, 11) is 0. The third-order valence-electron chi connectivity index (χ3n) is 5.60. The van der Waals surface area contributed by atoms with Gasteiger partial charge in [0, 0.05) is 35.2 Å². The number of furan rings is 1. The van der Waals surface area contributed by atoms with Gasteiger partial charge in [-0.05, 0) is 46.7 Å². The Morgan fingerprint density at radius 2 is 1.91 bits per heavy atom. The fourth-order valence-electron chi connectivity index (χ4n) is 4.08. The normalized spacial score (nSPS) is 11.4. The monoisotopic (exact) mass is 466 g/mol. The SMILES string of the molecule is O=c1cc(CSc2nnc(-c3cccnc3)n2Cc2ccco2)c2c(ccc3ccccc32)o1. The van der Waals surface area contributed by atoms with E-state index in [-0.39, 0.29) is 5.63 Å². The minimum atomic E-state index is -0.369. The standard InChI is InChI=1S/C26H18N4O3S/c31-23-13-19(24-21-8-2-1-5-17(21)9-10-22(24)33-23)16-34-26-29-28-25(18-6-3-11-27-14-18)30(26)15-20-7-4-12-32-20/h1-14H,15-16H2. The molecule has 6 aromatic rings. The predicted molar refractivity (Wildman–Crippen MR) is 131 cm³/mol. The summed E-state index contributed by atoms with van der Waals surface area (Å²) in [5.41, 5.74) is 1.97. The van der Waals surface area contributed by atoms with Crippen LogP contribution in [0.4, 0.5) is 0 Å². The smallest absolute Gasteiger partial charge is 0.336 e. The van der Waals surface area contributed by atoms with Gasteiger partial charge >= 0.3 is 5.63 Å². The first-order valence-electron chi connectivity index (χ1n) is 10.7. The van der Waals surface area contributed by atoms with Gasteiger partial charge < -0.3 is 8.83 Å². The topological polar surface area (TPSA) is 87.0 Å². The van der Waals surface area contributed by atoms with E-state index in [2.05, 4.69) is 21.2 Å². The van der Waals surface area contributed by atoms with Crippen LogP contribution in [-0.4, -0.2) is 19.7 Å². The van der Waals surface area contributed by atoms with Crippen molar-refractivity contribution in [3.05, 3.63) is 107 Å².